The Kier molecular flexibility index (Phi) is 4.31. The van der Waals surface area contributed by atoms with Gasteiger partial charge in [0.05, 0.1) is 10.0 Å². The van der Waals surface area contributed by atoms with Crippen molar-refractivity contribution < 1.29 is 9.90 Å². The lowest BCUT2D eigenvalue weighted by atomic mass is 10.2. The van der Waals surface area contributed by atoms with Gasteiger partial charge in [-0.15, -0.1) is 11.3 Å². The molecular weight excluding hydrogens is 307 g/mol. The SMILES string of the molecule is NC(C(=O)Nc1cc(Cl)c(O)c(Cl)c1)c1cccs1. The molecule has 4 N–H and O–H groups in total. The van der Waals surface area contributed by atoms with E-state index in [9.17, 15) is 9.90 Å². The van der Waals surface area contributed by atoms with Gasteiger partial charge < -0.3 is 16.2 Å². The van der Waals surface area contributed by atoms with Gasteiger partial charge in [-0.1, -0.05) is 29.3 Å². The molecule has 0 fully saturated rings. The van der Waals surface area contributed by atoms with Crippen LogP contribution in [0.2, 0.25) is 10.0 Å². The van der Waals surface area contributed by atoms with Gasteiger partial charge in [0.25, 0.3) is 0 Å². The summed E-state index contributed by atoms with van der Waals surface area (Å²) in [5, 5.41) is 14.0. The minimum atomic E-state index is -0.758. The first-order chi connectivity index (χ1) is 8.99. The lowest BCUT2D eigenvalue weighted by Gasteiger charge is -2.12. The standard InChI is InChI=1S/C12H10Cl2N2O2S/c13-7-4-6(5-8(14)11(7)17)16-12(18)10(15)9-2-1-3-19-9/h1-5,10,17H,15H2,(H,16,18). The van der Waals surface area contributed by atoms with Crippen LogP contribution in [0.5, 0.6) is 5.75 Å². The molecule has 4 nitrogen and oxygen atoms in total. The van der Waals surface area contributed by atoms with Crippen molar-refractivity contribution in [1.82, 2.24) is 0 Å². The number of amides is 1. The average Bonchev–Trinajstić information content (AvgIpc) is 2.88. The molecule has 1 aromatic heterocycles. The fourth-order valence-electron chi connectivity index (χ4n) is 1.46. The largest absolute Gasteiger partial charge is 0.505 e. The van der Waals surface area contributed by atoms with Gasteiger partial charge in [-0.25, -0.2) is 0 Å². The van der Waals surface area contributed by atoms with E-state index in [0.29, 0.717) is 5.69 Å². The number of nitrogens with two attached hydrogens (primary N) is 1. The highest BCUT2D eigenvalue weighted by Gasteiger charge is 2.17. The Labute approximate surface area is 123 Å². The van der Waals surface area contributed by atoms with Crippen LogP contribution in [-0.2, 0) is 4.79 Å². The average molecular weight is 317 g/mol. The van der Waals surface area contributed by atoms with E-state index in [4.69, 9.17) is 28.9 Å². The molecule has 0 aliphatic heterocycles. The fourth-order valence-corrected chi connectivity index (χ4v) is 2.67. The first-order valence-electron chi connectivity index (χ1n) is 5.27. The van der Waals surface area contributed by atoms with Crippen LogP contribution in [0.15, 0.2) is 29.6 Å². The predicted molar refractivity (Wildman–Crippen MR) is 78.0 cm³/mol. The van der Waals surface area contributed by atoms with Crippen molar-refractivity contribution in [3.8, 4) is 5.75 Å². The van der Waals surface area contributed by atoms with Gasteiger partial charge in [0, 0.05) is 10.6 Å². The highest BCUT2D eigenvalue weighted by Crippen LogP contribution is 2.34. The highest BCUT2D eigenvalue weighted by molar-refractivity contribution is 7.10. The lowest BCUT2D eigenvalue weighted by molar-refractivity contribution is -0.117. The summed E-state index contributed by atoms with van der Waals surface area (Å²) < 4.78 is 0. The highest BCUT2D eigenvalue weighted by atomic mass is 35.5. The minimum absolute atomic E-state index is 0.0625. The molecule has 2 rings (SSSR count). The van der Waals surface area contributed by atoms with Crippen molar-refractivity contribution in [2.45, 2.75) is 6.04 Å². The van der Waals surface area contributed by atoms with Gasteiger partial charge in [0.1, 0.15) is 6.04 Å². The zero-order valence-electron chi connectivity index (χ0n) is 9.56. The molecule has 0 saturated carbocycles. The van der Waals surface area contributed by atoms with E-state index in [1.54, 1.807) is 6.07 Å². The van der Waals surface area contributed by atoms with Crippen LogP contribution in [0, 0.1) is 0 Å². The number of hydrogen-bond donors (Lipinski definition) is 3. The first-order valence-corrected chi connectivity index (χ1v) is 6.90. The molecule has 1 aromatic carbocycles. The van der Waals surface area contributed by atoms with Crippen molar-refractivity contribution in [3.05, 3.63) is 44.6 Å². The Balaban J connectivity index is 2.15. The molecule has 0 aliphatic rings. The summed E-state index contributed by atoms with van der Waals surface area (Å²) in [6, 6.07) is 5.66. The second-order valence-corrected chi connectivity index (χ2v) is 5.56. The zero-order chi connectivity index (χ0) is 14.0. The van der Waals surface area contributed by atoms with Crippen molar-refractivity contribution >= 4 is 46.1 Å². The number of benzene rings is 1. The second kappa shape index (κ2) is 5.79. The van der Waals surface area contributed by atoms with Crippen molar-refractivity contribution in [2.75, 3.05) is 5.32 Å². The van der Waals surface area contributed by atoms with E-state index in [1.165, 1.54) is 23.5 Å². The molecule has 0 spiro atoms. The van der Waals surface area contributed by atoms with Gasteiger partial charge in [-0.05, 0) is 23.6 Å². The number of nitrogens with one attached hydrogen (secondary N) is 1. The first kappa shape index (κ1) is 14.1. The minimum Gasteiger partial charge on any atom is -0.505 e. The molecule has 19 heavy (non-hydrogen) atoms. The number of aromatic hydroxyl groups is 1. The second-order valence-electron chi connectivity index (χ2n) is 3.77. The molecule has 1 amide bonds. The van der Waals surface area contributed by atoms with Gasteiger partial charge >= 0.3 is 0 Å². The lowest BCUT2D eigenvalue weighted by Crippen LogP contribution is -2.26. The summed E-state index contributed by atoms with van der Waals surface area (Å²) in [6.07, 6.45) is 0. The van der Waals surface area contributed by atoms with Crippen LogP contribution in [0.25, 0.3) is 0 Å². The third-order valence-electron chi connectivity index (χ3n) is 2.42. The van der Waals surface area contributed by atoms with Gasteiger partial charge in [0.15, 0.2) is 5.75 Å². The summed E-state index contributed by atoms with van der Waals surface area (Å²) in [4.78, 5) is 12.7. The molecule has 1 heterocycles. The predicted octanol–water partition coefficient (Wildman–Crippen LogP) is 3.40. The normalized spacial score (nSPS) is 12.2. The molecule has 0 radical (unpaired) electrons. The summed E-state index contributed by atoms with van der Waals surface area (Å²) in [5.41, 5.74) is 6.20. The third kappa shape index (κ3) is 3.19. The molecule has 100 valence electrons. The van der Waals surface area contributed by atoms with E-state index in [1.807, 2.05) is 11.4 Å². The third-order valence-corrected chi connectivity index (χ3v) is 3.95. The Bertz CT molecular complexity index is 579. The summed E-state index contributed by atoms with van der Waals surface area (Å²) >= 11 is 12.9. The number of thiophene rings is 1. The van der Waals surface area contributed by atoms with Gasteiger partial charge in [-0.2, -0.15) is 0 Å². The number of carbonyl (C=O) groups excluding carboxylic acids is 1. The smallest absolute Gasteiger partial charge is 0.246 e. The Morgan fingerprint density at radius 1 is 1.37 bits per heavy atom. The van der Waals surface area contributed by atoms with Crippen LogP contribution >= 0.6 is 34.5 Å². The molecule has 1 unspecified atom stereocenters. The summed E-state index contributed by atoms with van der Waals surface area (Å²) in [5.74, 6) is -0.593. The number of halogens is 2. The topological polar surface area (TPSA) is 75.4 Å². The molecule has 0 aliphatic carbocycles. The van der Waals surface area contributed by atoms with E-state index < -0.39 is 6.04 Å². The molecule has 7 heteroatoms. The maximum absolute atomic E-state index is 11.9. The van der Waals surface area contributed by atoms with Crippen LogP contribution in [0.4, 0.5) is 5.69 Å². The number of rotatable bonds is 3. The van der Waals surface area contributed by atoms with Crippen molar-refractivity contribution in [3.63, 3.8) is 0 Å². The Morgan fingerprint density at radius 3 is 2.53 bits per heavy atom. The van der Waals surface area contributed by atoms with E-state index in [-0.39, 0.29) is 21.7 Å². The number of hydrogen-bond acceptors (Lipinski definition) is 4. The van der Waals surface area contributed by atoms with E-state index >= 15 is 0 Å². The van der Waals surface area contributed by atoms with Crippen LogP contribution in [-0.4, -0.2) is 11.0 Å². The van der Waals surface area contributed by atoms with Gasteiger partial charge in [0.2, 0.25) is 5.91 Å². The van der Waals surface area contributed by atoms with Gasteiger partial charge in [-0.3, -0.25) is 4.79 Å². The quantitative estimate of drug-likeness (QED) is 0.760. The Hall–Kier alpha value is -1.27. The number of phenols is 1. The molecular formula is C12H10Cl2N2O2S. The summed E-state index contributed by atoms with van der Waals surface area (Å²) in [7, 11) is 0. The molecule has 0 bridgehead atoms. The summed E-state index contributed by atoms with van der Waals surface area (Å²) in [6.45, 7) is 0. The fraction of sp³-hybridized carbons (Fsp3) is 0.0833. The zero-order valence-corrected chi connectivity index (χ0v) is 11.9. The number of anilines is 1. The molecule has 1 atom stereocenters. The van der Waals surface area contributed by atoms with E-state index in [2.05, 4.69) is 5.32 Å². The van der Waals surface area contributed by atoms with Crippen LogP contribution < -0.4 is 11.1 Å². The monoisotopic (exact) mass is 316 g/mol. The van der Waals surface area contributed by atoms with Crippen LogP contribution in [0.3, 0.4) is 0 Å². The number of carbonyl (C=O) groups is 1. The Morgan fingerprint density at radius 2 is 2.00 bits per heavy atom. The van der Waals surface area contributed by atoms with Crippen molar-refractivity contribution in [1.29, 1.82) is 0 Å². The maximum Gasteiger partial charge on any atom is 0.246 e. The molecule has 0 saturated heterocycles. The van der Waals surface area contributed by atoms with Crippen molar-refractivity contribution in [2.24, 2.45) is 5.73 Å². The van der Waals surface area contributed by atoms with Crippen LogP contribution in [0.1, 0.15) is 10.9 Å². The maximum atomic E-state index is 11.9. The van der Waals surface area contributed by atoms with E-state index in [0.717, 1.165) is 4.88 Å². The molecule has 2 aromatic rings. The number of phenolic OH excluding ortho intramolecular Hbond substituents is 1.